The van der Waals surface area contributed by atoms with E-state index in [1.165, 1.54) is 10.4 Å². The van der Waals surface area contributed by atoms with Crippen molar-refractivity contribution in [1.82, 2.24) is 4.31 Å². The molecule has 0 bridgehead atoms. The van der Waals surface area contributed by atoms with Gasteiger partial charge in [-0.25, -0.2) is 8.42 Å². The number of morpholine rings is 1. The third kappa shape index (κ3) is 4.32. The largest absolute Gasteiger partial charge is 0.379 e. The summed E-state index contributed by atoms with van der Waals surface area (Å²) in [5, 5.41) is 0. The van der Waals surface area contributed by atoms with Crippen LogP contribution in [0.25, 0.3) is 11.1 Å². The molecule has 4 rings (SSSR count). The quantitative estimate of drug-likeness (QED) is 0.590. The molecule has 0 aromatic heterocycles. The summed E-state index contributed by atoms with van der Waals surface area (Å²) in [6.45, 7) is 3.18. The molecule has 1 saturated heterocycles. The van der Waals surface area contributed by atoms with Gasteiger partial charge in [0.25, 0.3) is 5.91 Å². The van der Waals surface area contributed by atoms with Crippen molar-refractivity contribution in [2.45, 2.75) is 11.8 Å². The molecule has 0 spiro atoms. The van der Waals surface area contributed by atoms with Gasteiger partial charge >= 0.3 is 0 Å². The Bertz CT molecular complexity index is 1220. The molecule has 32 heavy (non-hydrogen) atoms. The summed E-state index contributed by atoms with van der Waals surface area (Å²) < 4.78 is 32.9. The predicted octanol–water partition coefficient (Wildman–Crippen LogP) is 3.96. The molecule has 1 aliphatic rings. The fourth-order valence-corrected chi connectivity index (χ4v) is 5.28. The van der Waals surface area contributed by atoms with Gasteiger partial charge in [0.2, 0.25) is 10.0 Å². The zero-order valence-electron chi connectivity index (χ0n) is 18.2. The average molecular weight is 451 g/mol. The van der Waals surface area contributed by atoms with E-state index in [0.29, 0.717) is 31.9 Å². The average Bonchev–Trinajstić information content (AvgIpc) is 2.84. The van der Waals surface area contributed by atoms with Crippen molar-refractivity contribution in [3.8, 4) is 11.1 Å². The first kappa shape index (κ1) is 22.2. The highest BCUT2D eigenvalue weighted by molar-refractivity contribution is 7.89. The van der Waals surface area contributed by atoms with Gasteiger partial charge in [-0.1, -0.05) is 54.6 Å². The Hall–Kier alpha value is -3.00. The van der Waals surface area contributed by atoms with E-state index >= 15 is 0 Å². The van der Waals surface area contributed by atoms with Gasteiger partial charge in [-0.05, 0) is 36.2 Å². The van der Waals surface area contributed by atoms with Gasteiger partial charge in [-0.2, -0.15) is 4.31 Å². The van der Waals surface area contributed by atoms with Crippen LogP contribution in [0.5, 0.6) is 0 Å². The van der Waals surface area contributed by atoms with Gasteiger partial charge in [0.1, 0.15) is 0 Å². The fraction of sp³-hybridized carbons (Fsp3) is 0.240. The number of benzene rings is 3. The summed E-state index contributed by atoms with van der Waals surface area (Å²) in [7, 11) is -1.98. The molecular weight excluding hydrogens is 424 g/mol. The number of carbonyl (C=O) groups is 1. The van der Waals surface area contributed by atoms with Crippen LogP contribution in [0.4, 0.5) is 5.69 Å². The number of nitrogens with zero attached hydrogens (tertiary/aromatic N) is 2. The molecule has 166 valence electrons. The van der Waals surface area contributed by atoms with Crippen LogP contribution in [0.2, 0.25) is 0 Å². The van der Waals surface area contributed by atoms with Crippen molar-refractivity contribution in [1.29, 1.82) is 0 Å². The lowest BCUT2D eigenvalue weighted by atomic mass is 10.0. The van der Waals surface area contributed by atoms with E-state index in [-0.39, 0.29) is 10.8 Å². The zero-order valence-corrected chi connectivity index (χ0v) is 19.0. The van der Waals surface area contributed by atoms with Crippen LogP contribution in [0.15, 0.2) is 77.7 Å². The van der Waals surface area contributed by atoms with Gasteiger partial charge in [0, 0.05) is 31.3 Å². The van der Waals surface area contributed by atoms with Crippen molar-refractivity contribution in [2.24, 2.45) is 0 Å². The molecular formula is C25H26N2O4S. The maximum absolute atomic E-state index is 13.5. The van der Waals surface area contributed by atoms with Crippen LogP contribution >= 0.6 is 0 Å². The molecule has 0 unspecified atom stereocenters. The van der Waals surface area contributed by atoms with E-state index in [1.807, 2.05) is 61.5 Å². The molecule has 3 aromatic rings. The predicted molar refractivity (Wildman–Crippen MR) is 125 cm³/mol. The monoisotopic (exact) mass is 450 g/mol. The van der Waals surface area contributed by atoms with E-state index < -0.39 is 10.0 Å². The summed E-state index contributed by atoms with van der Waals surface area (Å²) in [5.41, 5.74) is 3.77. The molecule has 7 heteroatoms. The molecule has 3 aromatic carbocycles. The maximum atomic E-state index is 13.5. The lowest BCUT2D eigenvalue weighted by molar-refractivity contribution is 0.0730. The van der Waals surface area contributed by atoms with E-state index in [4.69, 9.17) is 4.74 Å². The second-order valence-corrected chi connectivity index (χ2v) is 9.68. The van der Waals surface area contributed by atoms with E-state index in [9.17, 15) is 13.2 Å². The van der Waals surface area contributed by atoms with Crippen LogP contribution in [0, 0.1) is 6.92 Å². The van der Waals surface area contributed by atoms with Gasteiger partial charge in [-0.3, -0.25) is 4.79 Å². The van der Waals surface area contributed by atoms with Gasteiger partial charge in [0.05, 0.1) is 23.8 Å². The van der Waals surface area contributed by atoms with Gasteiger partial charge < -0.3 is 9.64 Å². The van der Waals surface area contributed by atoms with Crippen LogP contribution in [-0.2, 0) is 14.8 Å². The lowest BCUT2D eigenvalue weighted by Gasteiger charge is -2.26. The highest BCUT2D eigenvalue weighted by Gasteiger charge is 2.28. The third-order valence-electron chi connectivity index (χ3n) is 5.70. The number of ether oxygens (including phenoxy) is 1. The first-order valence-corrected chi connectivity index (χ1v) is 11.9. The lowest BCUT2D eigenvalue weighted by Crippen LogP contribution is -2.40. The summed E-state index contributed by atoms with van der Waals surface area (Å²) in [4.78, 5) is 15.2. The van der Waals surface area contributed by atoms with Crippen LogP contribution in [0.3, 0.4) is 0 Å². The Morgan fingerprint density at radius 2 is 1.59 bits per heavy atom. The van der Waals surface area contributed by atoms with Gasteiger partial charge in [0.15, 0.2) is 0 Å². The third-order valence-corrected chi connectivity index (χ3v) is 7.60. The Kier molecular flexibility index (Phi) is 6.41. The molecule has 1 fully saturated rings. The smallest absolute Gasteiger partial charge is 0.258 e. The summed E-state index contributed by atoms with van der Waals surface area (Å²) >= 11 is 0. The molecule has 0 radical (unpaired) electrons. The number of carbonyl (C=O) groups excluding carboxylic acids is 1. The minimum absolute atomic E-state index is 0.123. The number of amides is 1. The maximum Gasteiger partial charge on any atom is 0.258 e. The van der Waals surface area contributed by atoms with E-state index in [2.05, 4.69) is 0 Å². The number of aryl methyl sites for hydroxylation is 1. The van der Waals surface area contributed by atoms with E-state index in [0.717, 1.165) is 22.4 Å². The molecule has 0 atom stereocenters. The van der Waals surface area contributed by atoms with Crippen molar-refractivity contribution in [3.63, 3.8) is 0 Å². The zero-order chi connectivity index (χ0) is 22.7. The molecule has 1 aliphatic heterocycles. The molecule has 1 amide bonds. The summed E-state index contributed by atoms with van der Waals surface area (Å²) in [5.74, 6) is -0.259. The molecule has 0 saturated carbocycles. The Balaban J connectivity index is 1.69. The standard InChI is InChI=1S/C25H26N2O4S/c1-19-12-13-21(32(29,30)27-14-16-31-17-15-27)18-23(19)25(28)26(2)24-11-7-6-10-22(24)20-8-4-3-5-9-20/h3-13,18H,14-17H2,1-2H3. The molecule has 0 N–H and O–H groups in total. The number of hydrogen-bond acceptors (Lipinski definition) is 4. The highest BCUT2D eigenvalue weighted by atomic mass is 32.2. The van der Waals surface area contributed by atoms with Crippen molar-refractivity contribution >= 4 is 21.6 Å². The molecule has 1 heterocycles. The summed E-state index contributed by atoms with van der Waals surface area (Å²) in [6, 6.07) is 22.3. The Morgan fingerprint density at radius 1 is 0.938 bits per heavy atom. The Labute approximate surface area is 189 Å². The first-order chi connectivity index (χ1) is 15.4. The van der Waals surface area contributed by atoms with Crippen molar-refractivity contribution in [2.75, 3.05) is 38.3 Å². The van der Waals surface area contributed by atoms with Crippen LogP contribution in [-0.4, -0.2) is 52.0 Å². The minimum Gasteiger partial charge on any atom is -0.379 e. The molecule has 6 nitrogen and oxygen atoms in total. The van der Waals surface area contributed by atoms with Crippen molar-refractivity contribution in [3.05, 3.63) is 83.9 Å². The number of hydrogen-bond donors (Lipinski definition) is 0. The first-order valence-electron chi connectivity index (χ1n) is 10.5. The number of anilines is 1. The number of para-hydroxylation sites is 1. The number of sulfonamides is 1. The molecule has 0 aliphatic carbocycles. The second kappa shape index (κ2) is 9.24. The summed E-state index contributed by atoms with van der Waals surface area (Å²) in [6.07, 6.45) is 0. The van der Waals surface area contributed by atoms with Crippen LogP contribution in [0.1, 0.15) is 15.9 Å². The highest BCUT2D eigenvalue weighted by Crippen LogP contribution is 2.31. The van der Waals surface area contributed by atoms with Gasteiger partial charge in [-0.15, -0.1) is 0 Å². The Morgan fingerprint density at radius 3 is 2.31 bits per heavy atom. The van der Waals surface area contributed by atoms with Crippen molar-refractivity contribution < 1.29 is 17.9 Å². The SMILES string of the molecule is Cc1ccc(S(=O)(=O)N2CCOCC2)cc1C(=O)N(C)c1ccccc1-c1ccccc1. The minimum atomic E-state index is -3.69. The second-order valence-electron chi connectivity index (χ2n) is 7.74. The number of rotatable bonds is 5. The topological polar surface area (TPSA) is 66.9 Å². The normalized spacial score (nSPS) is 14.8. The fourth-order valence-electron chi connectivity index (χ4n) is 3.85. The van der Waals surface area contributed by atoms with E-state index in [1.54, 1.807) is 24.1 Å². The van der Waals surface area contributed by atoms with Crippen LogP contribution < -0.4 is 4.90 Å².